The molecule has 0 aliphatic heterocycles. The smallest absolute Gasteiger partial charge is 0.214 e. The van der Waals surface area contributed by atoms with Crippen LogP contribution in [-0.2, 0) is 0 Å². The van der Waals surface area contributed by atoms with Gasteiger partial charge in [-0.2, -0.15) is 4.98 Å². The number of hydrogen-bond acceptors (Lipinski definition) is 3. The maximum absolute atomic E-state index is 5.13. The zero-order valence-electron chi connectivity index (χ0n) is 10.8. The minimum Gasteiger partial charge on any atom is -0.481 e. The number of hydrogen-bond donors (Lipinski definition) is 1. The van der Waals surface area contributed by atoms with E-state index < -0.39 is 0 Å². The lowest BCUT2D eigenvalue weighted by atomic mass is 9.84. The Bertz CT molecular complexity index is 348. The Hall–Kier alpha value is -1.25. The molecule has 1 aromatic rings. The Kier molecular flexibility index (Phi) is 4.24. The van der Waals surface area contributed by atoms with Crippen LogP contribution in [0.2, 0.25) is 0 Å². The van der Waals surface area contributed by atoms with Gasteiger partial charge in [0.15, 0.2) is 0 Å². The van der Waals surface area contributed by atoms with E-state index in [1.165, 1.54) is 32.1 Å². The van der Waals surface area contributed by atoms with Gasteiger partial charge in [0, 0.05) is 12.1 Å². The van der Waals surface area contributed by atoms with E-state index in [-0.39, 0.29) is 0 Å². The molecule has 94 valence electrons. The molecule has 1 unspecified atom stereocenters. The maximum Gasteiger partial charge on any atom is 0.214 e. The van der Waals surface area contributed by atoms with Crippen LogP contribution in [0.1, 0.15) is 39.0 Å². The first-order valence-electron chi connectivity index (χ1n) is 6.57. The zero-order chi connectivity index (χ0) is 12.1. The first-order chi connectivity index (χ1) is 8.29. The van der Waals surface area contributed by atoms with Crippen LogP contribution < -0.4 is 10.1 Å². The summed E-state index contributed by atoms with van der Waals surface area (Å²) >= 11 is 0. The number of aromatic nitrogens is 1. The summed E-state index contributed by atoms with van der Waals surface area (Å²) in [6.45, 7) is 2.26. The number of nitrogens with zero attached hydrogens (tertiary/aromatic N) is 1. The molecule has 1 aliphatic carbocycles. The first-order valence-corrected chi connectivity index (χ1v) is 6.57. The molecule has 0 amide bonds. The number of pyridine rings is 1. The van der Waals surface area contributed by atoms with Crippen molar-refractivity contribution in [2.75, 3.05) is 12.4 Å². The first kappa shape index (κ1) is 12.2. The van der Waals surface area contributed by atoms with E-state index in [0.29, 0.717) is 11.9 Å². The molecule has 1 atom stereocenters. The highest BCUT2D eigenvalue weighted by Gasteiger charge is 2.20. The molecule has 3 nitrogen and oxygen atoms in total. The molecular formula is C14H22N2O. The van der Waals surface area contributed by atoms with Crippen molar-refractivity contribution in [3.05, 3.63) is 18.2 Å². The predicted octanol–water partition coefficient (Wildman–Crippen LogP) is 3.47. The summed E-state index contributed by atoms with van der Waals surface area (Å²) in [6, 6.07) is 6.34. The molecule has 0 spiro atoms. The van der Waals surface area contributed by atoms with Crippen molar-refractivity contribution in [2.24, 2.45) is 5.92 Å². The molecule has 0 saturated heterocycles. The van der Waals surface area contributed by atoms with E-state index in [2.05, 4.69) is 17.2 Å². The van der Waals surface area contributed by atoms with Crippen molar-refractivity contribution < 1.29 is 4.74 Å². The summed E-state index contributed by atoms with van der Waals surface area (Å²) < 4.78 is 5.13. The summed E-state index contributed by atoms with van der Waals surface area (Å²) in [5.41, 5.74) is 0. The second-order valence-electron chi connectivity index (χ2n) is 4.90. The molecule has 2 rings (SSSR count). The third-order valence-corrected chi connectivity index (χ3v) is 3.67. The highest BCUT2D eigenvalue weighted by molar-refractivity contribution is 5.38. The molecule has 1 fully saturated rings. The molecule has 0 aromatic carbocycles. The van der Waals surface area contributed by atoms with Crippen LogP contribution in [-0.4, -0.2) is 18.1 Å². The topological polar surface area (TPSA) is 34.1 Å². The lowest BCUT2D eigenvalue weighted by Gasteiger charge is -2.28. The Morgan fingerprint density at radius 2 is 2.06 bits per heavy atom. The third kappa shape index (κ3) is 3.35. The Labute approximate surface area is 104 Å². The van der Waals surface area contributed by atoms with Gasteiger partial charge in [-0.15, -0.1) is 0 Å². The summed E-state index contributed by atoms with van der Waals surface area (Å²) in [7, 11) is 1.65. The fourth-order valence-electron chi connectivity index (χ4n) is 2.59. The van der Waals surface area contributed by atoms with Crippen molar-refractivity contribution in [1.82, 2.24) is 4.98 Å². The van der Waals surface area contributed by atoms with Gasteiger partial charge in [-0.3, -0.25) is 0 Å². The van der Waals surface area contributed by atoms with Crippen LogP contribution in [0.15, 0.2) is 18.2 Å². The van der Waals surface area contributed by atoms with E-state index in [0.717, 1.165) is 11.7 Å². The Balaban J connectivity index is 1.94. The average molecular weight is 234 g/mol. The summed E-state index contributed by atoms with van der Waals surface area (Å²) in [4.78, 5) is 4.39. The van der Waals surface area contributed by atoms with Crippen molar-refractivity contribution in [3.63, 3.8) is 0 Å². The monoisotopic (exact) mass is 234 g/mol. The average Bonchev–Trinajstić information content (AvgIpc) is 2.40. The van der Waals surface area contributed by atoms with Crippen molar-refractivity contribution in [1.29, 1.82) is 0 Å². The molecule has 1 heterocycles. The summed E-state index contributed by atoms with van der Waals surface area (Å²) in [5.74, 6) is 2.38. The number of methoxy groups -OCH3 is 1. The number of anilines is 1. The number of ether oxygens (including phenoxy) is 1. The Morgan fingerprint density at radius 1 is 1.29 bits per heavy atom. The van der Waals surface area contributed by atoms with E-state index in [9.17, 15) is 0 Å². The van der Waals surface area contributed by atoms with Gasteiger partial charge in [-0.25, -0.2) is 0 Å². The second-order valence-corrected chi connectivity index (χ2v) is 4.90. The van der Waals surface area contributed by atoms with Crippen LogP contribution in [0.5, 0.6) is 5.88 Å². The third-order valence-electron chi connectivity index (χ3n) is 3.67. The summed E-state index contributed by atoms with van der Waals surface area (Å²) in [5, 5.41) is 3.50. The second kappa shape index (κ2) is 5.89. The minimum absolute atomic E-state index is 0.495. The molecule has 1 saturated carbocycles. The highest BCUT2D eigenvalue weighted by Crippen LogP contribution is 2.27. The van der Waals surface area contributed by atoms with E-state index in [4.69, 9.17) is 4.74 Å². The van der Waals surface area contributed by atoms with Crippen molar-refractivity contribution in [2.45, 2.75) is 45.1 Å². The van der Waals surface area contributed by atoms with Crippen LogP contribution in [0.25, 0.3) is 0 Å². The molecule has 1 aromatic heterocycles. The quantitative estimate of drug-likeness (QED) is 0.866. The van der Waals surface area contributed by atoms with Gasteiger partial charge in [0.05, 0.1) is 7.11 Å². The maximum atomic E-state index is 5.13. The van der Waals surface area contributed by atoms with E-state index >= 15 is 0 Å². The molecular weight excluding hydrogens is 212 g/mol. The molecule has 3 heteroatoms. The molecule has 0 radical (unpaired) electrons. The van der Waals surface area contributed by atoms with Crippen LogP contribution in [0.3, 0.4) is 0 Å². The van der Waals surface area contributed by atoms with Gasteiger partial charge < -0.3 is 10.1 Å². The van der Waals surface area contributed by atoms with E-state index in [1.807, 2.05) is 18.2 Å². The molecule has 1 N–H and O–H groups in total. The normalized spacial score (nSPS) is 18.7. The minimum atomic E-state index is 0.495. The molecule has 17 heavy (non-hydrogen) atoms. The van der Waals surface area contributed by atoms with Gasteiger partial charge in [0.2, 0.25) is 5.88 Å². The largest absolute Gasteiger partial charge is 0.481 e. The van der Waals surface area contributed by atoms with Gasteiger partial charge in [0.25, 0.3) is 0 Å². The van der Waals surface area contributed by atoms with Crippen LogP contribution in [0.4, 0.5) is 5.82 Å². The SMILES string of the molecule is COc1cccc(NC(C)C2CCCCC2)n1. The fraction of sp³-hybridized carbons (Fsp3) is 0.643. The van der Waals surface area contributed by atoms with Crippen molar-refractivity contribution >= 4 is 5.82 Å². The lowest BCUT2D eigenvalue weighted by Crippen LogP contribution is -2.28. The summed E-state index contributed by atoms with van der Waals surface area (Å²) in [6.07, 6.45) is 6.85. The number of rotatable bonds is 4. The van der Waals surface area contributed by atoms with Crippen molar-refractivity contribution in [3.8, 4) is 5.88 Å². The molecule has 1 aliphatic rings. The lowest BCUT2D eigenvalue weighted by molar-refractivity contribution is 0.327. The zero-order valence-corrected chi connectivity index (χ0v) is 10.8. The standard InChI is InChI=1S/C14H22N2O/c1-11(12-7-4-3-5-8-12)15-13-9-6-10-14(16-13)17-2/h6,9-12H,3-5,7-8H2,1-2H3,(H,15,16). The Morgan fingerprint density at radius 3 is 2.76 bits per heavy atom. The fourth-order valence-corrected chi connectivity index (χ4v) is 2.59. The van der Waals surface area contributed by atoms with Gasteiger partial charge in [-0.1, -0.05) is 25.3 Å². The highest BCUT2D eigenvalue weighted by atomic mass is 16.5. The van der Waals surface area contributed by atoms with Gasteiger partial charge >= 0.3 is 0 Å². The van der Waals surface area contributed by atoms with Crippen LogP contribution >= 0.6 is 0 Å². The van der Waals surface area contributed by atoms with Gasteiger partial charge in [0.1, 0.15) is 5.82 Å². The number of nitrogens with one attached hydrogen (secondary N) is 1. The van der Waals surface area contributed by atoms with E-state index in [1.54, 1.807) is 7.11 Å². The predicted molar refractivity (Wildman–Crippen MR) is 70.4 cm³/mol. The van der Waals surface area contributed by atoms with Crippen LogP contribution in [0, 0.1) is 5.92 Å². The molecule has 0 bridgehead atoms. The van der Waals surface area contributed by atoms with Gasteiger partial charge in [-0.05, 0) is 31.7 Å².